The van der Waals surface area contributed by atoms with Gasteiger partial charge in [0.05, 0.1) is 21.3 Å². The highest BCUT2D eigenvalue weighted by Crippen LogP contribution is 2.30. The van der Waals surface area contributed by atoms with Gasteiger partial charge in [-0.05, 0) is 52.8 Å². The Kier molecular flexibility index (Phi) is 11.0. The molecule has 0 bridgehead atoms. The fourth-order valence-corrected chi connectivity index (χ4v) is 3.78. The third-order valence-electron chi connectivity index (χ3n) is 5.54. The predicted octanol–water partition coefficient (Wildman–Crippen LogP) is 6.79. The Hall–Kier alpha value is -2.95. The van der Waals surface area contributed by atoms with Gasteiger partial charge >= 0.3 is 0 Å². The minimum atomic E-state index is 0. The Labute approximate surface area is 210 Å². The van der Waals surface area contributed by atoms with Gasteiger partial charge in [-0.1, -0.05) is 62.4 Å². The van der Waals surface area contributed by atoms with Crippen molar-refractivity contribution in [3.05, 3.63) is 88.5 Å². The Morgan fingerprint density at radius 3 is 1.97 bits per heavy atom. The van der Waals surface area contributed by atoms with E-state index in [9.17, 15) is 0 Å². The van der Waals surface area contributed by atoms with Gasteiger partial charge in [0.2, 0.25) is 0 Å². The molecular weight excluding hydrogens is 446 g/mol. The van der Waals surface area contributed by atoms with Crippen molar-refractivity contribution < 1.29 is 14.2 Å². The molecule has 0 aliphatic carbocycles. The van der Waals surface area contributed by atoms with Gasteiger partial charge in [0.25, 0.3) is 0 Å². The minimum Gasteiger partial charge on any atom is -0.497 e. The van der Waals surface area contributed by atoms with Crippen LogP contribution in [0.25, 0.3) is 12.2 Å². The van der Waals surface area contributed by atoms with E-state index in [2.05, 4.69) is 73.8 Å². The Balaban J connectivity index is 0.00000408. The van der Waals surface area contributed by atoms with Crippen LogP contribution in [0.1, 0.15) is 41.7 Å². The van der Waals surface area contributed by atoms with Crippen molar-refractivity contribution in [2.45, 2.75) is 33.4 Å². The zero-order valence-electron chi connectivity index (χ0n) is 20.8. The Bertz CT molecular complexity index is 1040. The quantitative estimate of drug-likeness (QED) is 0.306. The van der Waals surface area contributed by atoms with Crippen LogP contribution in [0.15, 0.2) is 60.7 Å². The van der Waals surface area contributed by atoms with Crippen molar-refractivity contribution in [2.75, 3.05) is 21.3 Å². The summed E-state index contributed by atoms with van der Waals surface area (Å²) in [6, 6.07) is 20.9. The first-order valence-corrected chi connectivity index (χ1v) is 11.4. The normalized spacial score (nSPS) is 10.9. The van der Waals surface area contributed by atoms with E-state index in [0.717, 1.165) is 41.3 Å². The number of methoxy groups -OCH3 is 3. The highest BCUT2D eigenvalue weighted by atomic mass is 35.5. The van der Waals surface area contributed by atoms with Crippen molar-refractivity contribution in [1.29, 1.82) is 0 Å². The molecule has 34 heavy (non-hydrogen) atoms. The number of rotatable bonds is 11. The van der Waals surface area contributed by atoms with E-state index >= 15 is 0 Å². The molecule has 0 unspecified atom stereocenters. The lowest BCUT2D eigenvalue weighted by Gasteiger charge is -2.15. The van der Waals surface area contributed by atoms with Crippen LogP contribution < -0.4 is 19.5 Å². The van der Waals surface area contributed by atoms with E-state index in [1.165, 1.54) is 16.7 Å². The van der Waals surface area contributed by atoms with Crippen molar-refractivity contribution in [1.82, 2.24) is 5.32 Å². The van der Waals surface area contributed by atoms with Gasteiger partial charge in [-0.2, -0.15) is 0 Å². The van der Waals surface area contributed by atoms with Crippen molar-refractivity contribution in [3.8, 4) is 17.2 Å². The van der Waals surface area contributed by atoms with Crippen molar-refractivity contribution in [2.24, 2.45) is 5.92 Å². The van der Waals surface area contributed by atoms with E-state index in [1.54, 1.807) is 21.3 Å². The van der Waals surface area contributed by atoms with Gasteiger partial charge in [0.1, 0.15) is 17.2 Å². The van der Waals surface area contributed by atoms with E-state index in [1.807, 2.05) is 18.2 Å². The number of hydrogen-bond donors (Lipinski definition) is 1. The van der Waals surface area contributed by atoms with Crippen LogP contribution in [0.4, 0.5) is 0 Å². The van der Waals surface area contributed by atoms with Crippen molar-refractivity contribution in [3.63, 3.8) is 0 Å². The zero-order chi connectivity index (χ0) is 23.6. The molecule has 0 aliphatic rings. The molecule has 0 saturated heterocycles. The molecule has 0 atom stereocenters. The molecule has 0 spiro atoms. The molecule has 3 aromatic rings. The molecule has 3 rings (SSSR count). The lowest BCUT2D eigenvalue weighted by molar-refractivity contribution is 0.389. The second kappa shape index (κ2) is 13.7. The van der Waals surface area contributed by atoms with E-state index in [0.29, 0.717) is 12.5 Å². The second-order valence-corrected chi connectivity index (χ2v) is 8.52. The van der Waals surface area contributed by atoms with Crippen molar-refractivity contribution >= 4 is 24.6 Å². The van der Waals surface area contributed by atoms with Gasteiger partial charge in [-0.15, -0.1) is 12.4 Å². The van der Waals surface area contributed by atoms with Crippen LogP contribution in [0.5, 0.6) is 17.2 Å². The Morgan fingerprint density at radius 1 is 0.735 bits per heavy atom. The first-order chi connectivity index (χ1) is 16.0. The molecule has 3 aromatic carbocycles. The number of nitrogens with one attached hydrogen (secondary N) is 1. The van der Waals surface area contributed by atoms with Gasteiger partial charge < -0.3 is 19.5 Å². The molecule has 0 fully saturated rings. The molecule has 0 heterocycles. The minimum absolute atomic E-state index is 0. The molecular formula is C29H36ClNO3. The molecule has 1 N–H and O–H groups in total. The first-order valence-electron chi connectivity index (χ1n) is 11.4. The summed E-state index contributed by atoms with van der Waals surface area (Å²) < 4.78 is 16.4. The van der Waals surface area contributed by atoms with Gasteiger partial charge in [-0.25, -0.2) is 0 Å². The first kappa shape index (κ1) is 27.3. The summed E-state index contributed by atoms with van der Waals surface area (Å²) in [5.74, 6) is 3.10. The summed E-state index contributed by atoms with van der Waals surface area (Å²) >= 11 is 0. The lowest BCUT2D eigenvalue weighted by atomic mass is 10.0. The van der Waals surface area contributed by atoms with Gasteiger partial charge in [-0.3, -0.25) is 0 Å². The average molecular weight is 482 g/mol. The van der Waals surface area contributed by atoms with Crippen LogP contribution in [0.2, 0.25) is 0 Å². The molecule has 0 aliphatic heterocycles. The largest absolute Gasteiger partial charge is 0.497 e. The fourth-order valence-electron chi connectivity index (χ4n) is 3.78. The van der Waals surface area contributed by atoms with Crippen LogP contribution >= 0.6 is 12.4 Å². The highest BCUT2D eigenvalue weighted by molar-refractivity contribution is 5.85. The molecule has 182 valence electrons. The molecule has 0 aromatic heterocycles. The van der Waals surface area contributed by atoms with Crippen LogP contribution in [-0.4, -0.2) is 21.3 Å². The maximum Gasteiger partial charge on any atom is 0.127 e. The molecule has 5 heteroatoms. The maximum absolute atomic E-state index is 5.70. The number of hydrogen-bond acceptors (Lipinski definition) is 4. The van der Waals surface area contributed by atoms with Crippen LogP contribution in [0.3, 0.4) is 0 Å². The average Bonchev–Trinajstić information content (AvgIpc) is 2.83. The monoisotopic (exact) mass is 481 g/mol. The third kappa shape index (κ3) is 7.82. The maximum atomic E-state index is 5.70. The summed E-state index contributed by atoms with van der Waals surface area (Å²) in [5.41, 5.74) is 5.90. The Morgan fingerprint density at radius 2 is 1.38 bits per heavy atom. The number of ether oxygens (including phenoxy) is 3. The smallest absolute Gasteiger partial charge is 0.127 e. The zero-order valence-corrected chi connectivity index (χ0v) is 21.6. The number of benzene rings is 3. The predicted molar refractivity (Wildman–Crippen MR) is 144 cm³/mol. The molecule has 4 nitrogen and oxygen atoms in total. The highest BCUT2D eigenvalue weighted by Gasteiger charge is 2.11. The standard InChI is InChI=1S/C29H35NO3.ClH/c1-21(2)16-23-8-6-22(7-9-23)10-13-25-17-27(32-4)18-29(33-5)28(25)20-30-19-24-11-14-26(31-3)15-12-24;/h6-15,17-18,21,30H,16,19-20H2,1-5H3;1H/b13-10+;. The van der Waals surface area contributed by atoms with Gasteiger partial charge in [0.15, 0.2) is 0 Å². The number of halogens is 1. The summed E-state index contributed by atoms with van der Waals surface area (Å²) in [7, 11) is 5.05. The molecule has 0 radical (unpaired) electrons. The van der Waals surface area contributed by atoms with E-state index in [4.69, 9.17) is 14.2 Å². The summed E-state index contributed by atoms with van der Waals surface area (Å²) in [4.78, 5) is 0. The molecule has 0 amide bonds. The summed E-state index contributed by atoms with van der Waals surface area (Å²) in [6.45, 7) is 5.91. The van der Waals surface area contributed by atoms with Gasteiger partial charge in [0, 0.05) is 24.7 Å². The fraction of sp³-hybridized carbons (Fsp3) is 0.310. The second-order valence-electron chi connectivity index (χ2n) is 8.52. The third-order valence-corrected chi connectivity index (χ3v) is 5.54. The summed E-state index contributed by atoms with van der Waals surface area (Å²) in [6.07, 6.45) is 5.37. The topological polar surface area (TPSA) is 39.7 Å². The summed E-state index contributed by atoms with van der Waals surface area (Å²) in [5, 5.41) is 3.54. The van der Waals surface area contributed by atoms with Crippen LogP contribution in [0, 0.1) is 5.92 Å². The van der Waals surface area contributed by atoms with E-state index in [-0.39, 0.29) is 12.4 Å². The SMILES string of the molecule is COc1ccc(CNCc2c(/C=C/c3ccc(CC(C)C)cc3)cc(OC)cc2OC)cc1.Cl. The lowest BCUT2D eigenvalue weighted by Crippen LogP contribution is -2.14. The molecule has 0 saturated carbocycles. The van der Waals surface area contributed by atoms with Crippen LogP contribution in [-0.2, 0) is 19.5 Å². The van der Waals surface area contributed by atoms with E-state index < -0.39 is 0 Å².